The zero-order valence-electron chi connectivity index (χ0n) is 9.88. The molecule has 0 saturated heterocycles. The van der Waals surface area contributed by atoms with Gasteiger partial charge in [-0.3, -0.25) is 9.59 Å². The number of hydrogen-bond acceptors (Lipinski definition) is 2. The fraction of sp³-hybridized carbons (Fsp3) is 0.143. The Morgan fingerprint density at radius 2 is 1.78 bits per heavy atom. The number of carbonyl (C=O) groups excluding carboxylic acids is 1. The molecular formula is C14H13NO3. The van der Waals surface area contributed by atoms with Crippen molar-refractivity contribution >= 4 is 28.3 Å². The minimum Gasteiger partial charge on any atom is -0.481 e. The molecule has 0 aromatic heterocycles. The summed E-state index contributed by atoms with van der Waals surface area (Å²) in [7, 11) is 0. The van der Waals surface area contributed by atoms with Crippen LogP contribution in [0.3, 0.4) is 0 Å². The third-order valence-electron chi connectivity index (χ3n) is 2.81. The SMILES string of the molecule is CC(C(=O)O)C(=O)Nc1cccc2ccccc12. The number of fused-ring (bicyclic) bond motifs is 1. The monoisotopic (exact) mass is 243 g/mol. The van der Waals surface area contributed by atoms with E-state index in [1.54, 1.807) is 6.07 Å². The Labute approximate surface area is 104 Å². The number of benzene rings is 2. The number of rotatable bonds is 3. The number of hydrogen-bond donors (Lipinski definition) is 2. The summed E-state index contributed by atoms with van der Waals surface area (Å²) in [6.07, 6.45) is 0. The molecule has 1 amide bonds. The molecule has 18 heavy (non-hydrogen) atoms. The van der Waals surface area contributed by atoms with Crippen LogP contribution in [0.25, 0.3) is 10.8 Å². The van der Waals surface area contributed by atoms with Crippen molar-refractivity contribution in [3.8, 4) is 0 Å². The van der Waals surface area contributed by atoms with E-state index in [1.807, 2.05) is 36.4 Å². The number of nitrogens with one attached hydrogen (secondary N) is 1. The minimum atomic E-state index is -1.13. The van der Waals surface area contributed by atoms with Gasteiger partial charge in [0.25, 0.3) is 0 Å². The molecule has 2 rings (SSSR count). The van der Waals surface area contributed by atoms with Gasteiger partial charge in [-0.05, 0) is 18.4 Å². The summed E-state index contributed by atoms with van der Waals surface area (Å²) in [5, 5.41) is 13.3. The Kier molecular flexibility index (Phi) is 3.28. The van der Waals surface area contributed by atoms with Gasteiger partial charge in [-0.1, -0.05) is 36.4 Å². The summed E-state index contributed by atoms with van der Waals surface area (Å²) >= 11 is 0. The molecule has 4 nitrogen and oxygen atoms in total. The summed E-state index contributed by atoms with van der Waals surface area (Å²) in [6, 6.07) is 13.1. The van der Waals surface area contributed by atoms with Gasteiger partial charge in [-0.15, -0.1) is 0 Å². The third kappa shape index (κ3) is 2.32. The molecule has 92 valence electrons. The van der Waals surface area contributed by atoms with Gasteiger partial charge in [0.2, 0.25) is 5.91 Å². The second-order valence-electron chi connectivity index (χ2n) is 4.08. The molecule has 0 spiro atoms. The van der Waals surface area contributed by atoms with Gasteiger partial charge >= 0.3 is 5.97 Å². The van der Waals surface area contributed by atoms with Crippen molar-refractivity contribution < 1.29 is 14.7 Å². The second-order valence-corrected chi connectivity index (χ2v) is 4.08. The Bertz CT molecular complexity index is 602. The van der Waals surface area contributed by atoms with Gasteiger partial charge in [0.1, 0.15) is 5.92 Å². The smallest absolute Gasteiger partial charge is 0.315 e. The number of carbonyl (C=O) groups is 2. The molecular weight excluding hydrogens is 230 g/mol. The van der Waals surface area contributed by atoms with E-state index in [-0.39, 0.29) is 0 Å². The molecule has 0 fully saturated rings. The summed E-state index contributed by atoms with van der Waals surface area (Å²) in [5.41, 5.74) is 0.631. The summed E-state index contributed by atoms with van der Waals surface area (Å²) < 4.78 is 0. The van der Waals surface area contributed by atoms with E-state index in [9.17, 15) is 9.59 Å². The van der Waals surface area contributed by atoms with Crippen LogP contribution in [0.4, 0.5) is 5.69 Å². The summed E-state index contributed by atoms with van der Waals surface area (Å²) in [4.78, 5) is 22.4. The first-order chi connectivity index (χ1) is 8.59. The predicted octanol–water partition coefficient (Wildman–Crippen LogP) is 2.50. The van der Waals surface area contributed by atoms with Gasteiger partial charge in [-0.2, -0.15) is 0 Å². The lowest BCUT2D eigenvalue weighted by molar-refractivity contribution is -0.144. The van der Waals surface area contributed by atoms with Crippen LogP contribution in [-0.4, -0.2) is 17.0 Å². The van der Waals surface area contributed by atoms with Crippen molar-refractivity contribution in [3.63, 3.8) is 0 Å². The minimum absolute atomic E-state index is 0.515. The van der Waals surface area contributed by atoms with Crippen LogP contribution >= 0.6 is 0 Å². The number of amides is 1. The van der Waals surface area contributed by atoms with Crippen LogP contribution in [0.15, 0.2) is 42.5 Å². The first kappa shape index (κ1) is 12.1. The lowest BCUT2D eigenvalue weighted by Gasteiger charge is -2.10. The number of carboxylic acid groups (broad SMARTS) is 1. The van der Waals surface area contributed by atoms with Gasteiger partial charge in [0.05, 0.1) is 0 Å². The fourth-order valence-electron chi connectivity index (χ4n) is 1.69. The van der Waals surface area contributed by atoms with Gasteiger partial charge in [0, 0.05) is 11.1 Å². The number of aliphatic carboxylic acids is 1. The molecule has 0 saturated carbocycles. The second kappa shape index (κ2) is 4.87. The summed E-state index contributed by atoms with van der Waals surface area (Å²) in [5.74, 6) is -2.71. The van der Waals surface area contributed by atoms with Crippen molar-refractivity contribution in [2.75, 3.05) is 5.32 Å². The Morgan fingerprint density at radius 3 is 2.50 bits per heavy atom. The average Bonchev–Trinajstić information content (AvgIpc) is 2.38. The van der Waals surface area contributed by atoms with Gasteiger partial charge in [-0.25, -0.2) is 0 Å². The van der Waals surface area contributed by atoms with Gasteiger partial charge < -0.3 is 10.4 Å². The van der Waals surface area contributed by atoms with E-state index < -0.39 is 17.8 Å². The van der Waals surface area contributed by atoms with Crippen molar-refractivity contribution in [1.82, 2.24) is 0 Å². The highest BCUT2D eigenvalue weighted by Crippen LogP contribution is 2.23. The maximum atomic E-state index is 11.7. The Balaban J connectivity index is 2.32. The zero-order chi connectivity index (χ0) is 13.1. The molecule has 2 aromatic carbocycles. The molecule has 1 atom stereocenters. The first-order valence-corrected chi connectivity index (χ1v) is 5.61. The van der Waals surface area contributed by atoms with Crippen LogP contribution in [0.2, 0.25) is 0 Å². The number of anilines is 1. The van der Waals surface area contributed by atoms with Crippen LogP contribution in [0, 0.1) is 5.92 Å². The highest BCUT2D eigenvalue weighted by molar-refractivity contribution is 6.08. The average molecular weight is 243 g/mol. The van der Waals surface area contributed by atoms with Crippen LogP contribution in [0.5, 0.6) is 0 Å². The molecule has 0 bridgehead atoms. The third-order valence-corrected chi connectivity index (χ3v) is 2.81. The van der Waals surface area contributed by atoms with Crippen LogP contribution in [0.1, 0.15) is 6.92 Å². The molecule has 0 aliphatic rings. The largest absolute Gasteiger partial charge is 0.481 e. The maximum Gasteiger partial charge on any atom is 0.315 e. The van der Waals surface area contributed by atoms with Crippen LogP contribution < -0.4 is 5.32 Å². The van der Waals surface area contributed by atoms with E-state index >= 15 is 0 Å². The highest BCUT2D eigenvalue weighted by atomic mass is 16.4. The Hall–Kier alpha value is -2.36. The summed E-state index contributed by atoms with van der Waals surface area (Å²) in [6.45, 7) is 1.36. The normalized spacial score (nSPS) is 12.1. The lowest BCUT2D eigenvalue weighted by atomic mass is 10.1. The van der Waals surface area contributed by atoms with Crippen molar-refractivity contribution in [3.05, 3.63) is 42.5 Å². The van der Waals surface area contributed by atoms with E-state index in [4.69, 9.17) is 5.11 Å². The van der Waals surface area contributed by atoms with Crippen molar-refractivity contribution in [1.29, 1.82) is 0 Å². The molecule has 0 aliphatic heterocycles. The quantitative estimate of drug-likeness (QED) is 0.814. The molecule has 2 N–H and O–H groups in total. The number of carboxylic acids is 1. The molecule has 0 heterocycles. The topological polar surface area (TPSA) is 66.4 Å². The molecule has 2 aromatic rings. The molecule has 1 unspecified atom stereocenters. The standard InChI is InChI=1S/C14H13NO3/c1-9(14(17)18)13(16)15-12-8-4-6-10-5-2-3-7-11(10)12/h2-9H,1H3,(H,15,16)(H,17,18). The first-order valence-electron chi connectivity index (χ1n) is 5.61. The fourth-order valence-corrected chi connectivity index (χ4v) is 1.69. The van der Waals surface area contributed by atoms with Crippen LogP contribution in [-0.2, 0) is 9.59 Å². The Morgan fingerprint density at radius 1 is 1.11 bits per heavy atom. The van der Waals surface area contributed by atoms with Crippen molar-refractivity contribution in [2.45, 2.75) is 6.92 Å². The predicted molar refractivity (Wildman–Crippen MR) is 69.4 cm³/mol. The molecule has 0 radical (unpaired) electrons. The maximum absolute atomic E-state index is 11.7. The lowest BCUT2D eigenvalue weighted by Crippen LogP contribution is -2.26. The molecule has 4 heteroatoms. The van der Waals surface area contributed by atoms with E-state index in [1.165, 1.54) is 6.92 Å². The van der Waals surface area contributed by atoms with Crippen molar-refractivity contribution in [2.24, 2.45) is 5.92 Å². The molecule has 0 aliphatic carbocycles. The van der Waals surface area contributed by atoms with E-state index in [0.717, 1.165) is 10.8 Å². The van der Waals surface area contributed by atoms with Gasteiger partial charge in [0.15, 0.2) is 0 Å². The van der Waals surface area contributed by atoms with E-state index in [0.29, 0.717) is 5.69 Å². The highest BCUT2D eigenvalue weighted by Gasteiger charge is 2.20. The zero-order valence-corrected chi connectivity index (χ0v) is 9.88. The van der Waals surface area contributed by atoms with E-state index in [2.05, 4.69) is 5.32 Å².